The number of nitrogens with zero attached hydrogens (tertiary/aromatic N) is 5. The molecule has 4 N–H and O–H groups in total. The highest BCUT2D eigenvalue weighted by Crippen LogP contribution is 2.32. The first-order valence-corrected chi connectivity index (χ1v) is 13.9. The molecule has 0 atom stereocenters. The summed E-state index contributed by atoms with van der Waals surface area (Å²) in [5.74, 6) is -0.222. The third kappa shape index (κ3) is 5.70. The quantitative estimate of drug-likeness (QED) is 0.321. The molecule has 0 bridgehead atoms. The monoisotopic (exact) mass is 552 g/mol. The molecule has 0 unspecified atom stereocenters. The molecule has 4 aromatic rings. The fraction of sp³-hybridized carbons (Fsp3) is 0.269. The number of hydrogen-bond donors (Lipinski definition) is 3. The fourth-order valence-corrected chi connectivity index (χ4v) is 5.19. The van der Waals surface area contributed by atoms with E-state index in [0.29, 0.717) is 49.1 Å². The number of benzene rings is 2. The molecule has 204 valence electrons. The van der Waals surface area contributed by atoms with Gasteiger partial charge in [-0.3, -0.25) is 4.79 Å². The number of halogens is 1. The van der Waals surface area contributed by atoms with Gasteiger partial charge in [-0.2, -0.15) is 12.7 Å². The second-order valence-electron chi connectivity index (χ2n) is 9.53. The Hall–Kier alpha value is -4.07. The molecule has 0 saturated carbocycles. The lowest BCUT2D eigenvalue weighted by molar-refractivity contribution is 0.102. The predicted octanol–water partition coefficient (Wildman–Crippen LogP) is 3.24. The van der Waals surface area contributed by atoms with Crippen molar-refractivity contribution in [1.82, 2.24) is 23.8 Å². The van der Waals surface area contributed by atoms with Gasteiger partial charge >= 0.3 is 0 Å². The second-order valence-corrected chi connectivity index (χ2v) is 11.1. The number of H-pyrrole nitrogens is 1. The van der Waals surface area contributed by atoms with Crippen molar-refractivity contribution in [3.63, 3.8) is 0 Å². The molecule has 1 fully saturated rings. The van der Waals surface area contributed by atoms with Crippen molar-refractivity contribution >= 4 is 27.5 Å². The summed E-state index contributed by atoms with van der Waals surface area (Å²) in [7, 11) is -3.68. The number of aromatic amines is 1. The van der Waals surface area contributed by atoms with Gasteiger partial charge in [0.1, 0.15) is 17.2 Å². The first-order valence-electron chi connectivity index (χ1n) is 12.4. The highest BCUT2D eigenvalue weighted by Gasteiger charge is 2.24. The van der Waals surface area contributed by atoms with E-state index in [2.05, 4.69) is 25.2 Å². The van der Waals surface area contributed by atoms with Crippen LogP contribution in [0.2, 0.25) is 0 Å². The number of anilines is 2. The van der Waals surface area contributed by atoms with Gasteiger partial charge in [0.2, 0.25) is 0 Å². The minimum absolute atomic E-state index is 0.0743. The molecule has 2 aromatic carbocycles. The molecule has 1 amide bonds. The molecule has 1 aliphatic heterocycles. The maximum absolute atomic E-state index is 13.5. The van der Waals surface area contributed by atoms with Crippen LogP contribution in [0, 0.1) is 5.82 Å². The van der Waals surface area contributed by atoms with Crippen molar-refractivity contribution in [3.8, 4) is 22.8 Å². The van der Waals surface area contributed by atoms with Crippen LogP contribution in [0.25, 0.3) is 22.8 Å². The van der Waals surface area contributed by atoms with E-state index in [1.54, 1.807) is 30.6 Å². The van der Waals surface area contributed by atoms with E-state index in [1.807, 2.05) is 30.5 Å². The summed E-state index contributed by atoms with van der Waals surface area (Å²) >= 11 is 0. The van der Waals surface area contributed by atoms with Gasteiger partial charge in [-0.25, -0.2) is 19.5 Å². The molecule has 1 aliphatic rings. The minimum atomic E-state index is -3.68. The van der Waals surface area contributed by atoms with Crippen LogP contribution >= 0.6 is 0 Å². The minimum Gasteiger partial charge on any atom is -0.369 e. The summed E-state index contributed by atoms with van der Waals surface area (Å²) in [5, 5.41) is 8.08. The molecule has 5 rings (SSSR count). The van der Waals surface area contributed by atoms with E-state index in [0.717, 1.165) is 11.3 Å². The van der Waals surface area contributed by atoms with Gasteiger partial charge in [0.25, 0.3) is 16.1 Å². The molecule has 0 aliphatic carbocycles. The average molecular weight is 553 g/mol. The van der Waals surface area contributed by atoms with Crippen LogP contribution in [-0.2, 0) is 10.2 Å². The Bertz CT molecular complexity index is 1570. The fourth-order valence-electron chi connectivity index (χ4n) is 4.52. The van der Waals surface area contributed by atoms with E-state index in [9.17, 15) is 17.6 Å². The van der Waals surface area contributed by atoms with Crippen LogP contribution in [-0.4, -0.2) is 64.3 Å². The van der Waals surface area contributed by atoms with Crippen LogP contribution in [0.4, 0.5) is 15.8 Å². The van der Waals surface area contributed by atoms with Gasteiger partial charge in [-0.1, -0.05) is 0 Å². The van der Waals surface area contributed by atoms with Gasteiger partial charge in [0.15, 0.2) is 5.82 Å². The normalized spacial score (nSPS) is 14.6. The van der Waals surface area contributed by atoms with E-state index in [1.165, 1.54) is 22.6 Å². The Balaban J connectivity index is 1.30. The molecule has 39 heavy (non-hydrogen) atoms. The summed E-state index contributed by atoms with van der Waals surface area (Å²) in [6.07, 6.45) is 3.17. The lowest BCUT2D eigenvalue weighted by Crippen LogP contribution is -2.50. The molecular formula is C26H29FN8O3S. The Kier molecular flexibility index (Phi) is 7.21. The highest BCUT2D eigenvalue weighted by molar-refractivity contribution is 7.86. The van der Waals surface area contributed by atoms with Crippen molar-refractivity contribution in [1.29, 1.82) is 0 Å². The van der Waals surface area contributed by atoms with Crippen LogP contribution in [0.15, 0.2) is 61.1 Å². The number of piperazine rings is 1. The van der Waals surface area contributed by atoms with Crippen molar-refractivity contribution < 1.29 is 17.6 Å². The van der Waals surface area contributed by atoms with Gasteiger partial charge < -0.3 is 19.8 Å². The molecule has 13 heteroatoms. The van der Waals surface area contributed by atoms with E-state index in [-0.39, 0.29) is 23.5 Å². The Morgan fingerprint density at radius 3 is 2.31 bits per heavy atom. The number of amides is 1. The largest absolute Gasteiger partial charge is 0.369 e. The Morgan fingerprint density at radius 2 is 1.69 bits per heavy atom. The SMILES string of the molecule is CC(C)n1cnc(-c2ccc(F)cc2)c1-c1ncc(C(=O)Nc2ccc(N3CCN(S(N)(=O)=O)CC3)cc2)[nH]1. The number of carbonyl (C=O) groups excluding carboxylic acids is 1. The van der Waals surface area contributed by atoms with Crippen LogP contribution in [0.5, 0.6) is 0 Å². The van der Waals surface area contributed by atoms with Crippen molar-refractivity contribution in [2.45, 2.75) is 19.9 Å². The second kappa shape index (κ2) is 10.6. The standard InChI is InChI=1S/C26H29FN8O3S/c1-17(2)35-16-30-23(18-3-5-19(27)6-4-18)24(35)25-29-15-22(32-25)26(36)31-20-7-9-21(10-8-20)33-11-13-34(14-12-33)39(28,37)38/h3-10,15-17H,11-14H2,1-2H3,(H,29,32)(H,31,36)(H2,28,37,38). The van der Waals surface area contributed by atoms with E-state index >= 15 is 0 Å². The summed E-state index contributed by atoms with van der Waals surface area (Å²) in [6, 6.07) is 13.5. The topological polar surface area (TPSA) is 142 Å². The van der Waals surface area contributed by atoms with Crippen LogP contribution < -0.4 is 15.4 Å². The summed E-state index contributed by atoms with van der Waals surface area (Å²) < 4.78 is 39.7. The summed E-state index contributed by atoms with van der Waals surface area (Å²) in [6.45, 7) is 5.70. The maximum atomic E-state index is 13.5. The van der Waals surface area contributed by atoms with Gasteiger partial charge in [-0.15, -0.1) is 0 Å². The zero-order valence-corrected chi connectivity index (χ0v) is 22.3. The van der Waals surface area contributed by atoms with E-state index in [4.69, 9.17) is 5.14 Å². The predicted molar refractivity (Wildman–Crippen MR) is 147 cm³/mol. The van der Waals surface area contributed by atoms with Crippen molar-refractivity contribution in [2.24, 2.45) is 5.14 Å². The number of nitrogens with two attached hydrogens (primary N) is 1. The average Bonchev–Trinajstić information content (AvgIpc) is 3.57. The summed E-state index contributed by atoms with van der Waals surface area (Å²) in [5.41, 5.74) is 3.85. The number of rotatable bonds is 7. The molecular weight excluding hydrogens is 523 g/mol. The van der Waals surface area contributed by atoms with Gasteiger partial charge in [0, 0.05) is 49.2 Å². The molecule has 0 spiro atoms. The molecule has 11 nitrogen and oxygen atoms in total. The first-order chi connectivity index (χ1) is 18.6. The smallest absolute Gasteiger partial charge is 0.277 e. The number of imidazole rings is 2. The molecule has 2 aromatic heterocycles. The zero-order valence-electron chi connectivity index (χ0n) is 21.5. The third-order valence-electron chi connectivity index (χ3n) is 6.60. The van der Waals surface area contributed by atoms with Crippen LogP contribution in [0.3, 0.4) is 0 Å². The number of hydrogen-bond acceptors (Lipinski definition) is 6. The lowest BCUT2D eigenvalue weighted by Gasteiger charge is -2.34. The maximum Gasteiger partial charge on any atom is 0.277 e. The van der Waals surface area contributed by atoms with Gasteiger partial charge in [0.05, 0.1) is 18.2 Å². The zero-order chi connectivity index (χ0) is 27.7. The highest BCUT2D eigenvalue weighted by atomic mass is 32.2. The Labute approximate surface area is 225 Å². The third-order valence-corrected chi connectivity index (χ3v) is 7.69. The van der Waals surface area contributed by atoms with Crippen LogP contribution in [0.1, 0.15) is 30.4 Å². The first kappa shape index (κ1) is 26.5. The van der Waals surface area contributed by atoms with E-state index < -0.39 is 10.2 Å². The van der Waals surface area contributed by atoms with Crippen molar-refractivity contribution in [2.75, 3.05) is 36.4 Å². The number of carbonyl (C=O) groups is 1. The number of nitrogens with one attached hydrogen (secondary N) is 2. The van der Waals surface area contributed by atoms with Crippen molar-refractivity contribution in [3.05, 3.63) is 72.6 Å². The number of aromatic nitrogens is 4. The Morgan fingerprint density at radius 1 is 1.03 bits per heavy atom. The molecule has 1 saturated heterocycles. The van der Waals surface area contributed by atoms with Gasteiger partial charge in [-0.05, 0) is 62.4 Å². The molecule has 3 heterocycles. The lowest BCUT2D eigenvalue weighted by atomic mass is 10.1. The summed E-state index contributed by atoms with van der Waals surface area (Å²) in [4.78, 5) is 27.1. The molecule has 0 radical (unpaired) electrons.